The maximum absolute atomic E-state index is 12.5. The molecule has 0 aliphatic carbocycles. The first-order valence-electron chi connectivity index (χ1n) is 9.50. The van der Waals surface area contributed by atoms with Crippen molar-refractivity contribution in [3.8, 4) is 11.5 Å². The monoisotopic (exact) mass is 420 g/mol. The molecule has 1 amide bonds. The van der Waals surface area contributed by atoms with Crippen LogP contribution in [0, 0.1) is 0 Å². The average Bonchev–Trinajstić information content (AvgIpc) is 2.75. The molecule has 0 radical (unpaired) electrons. The highest BCUT2D eigenvalue weighted by molar-refractivity contribution is 5.94. The number of carbonyl (C=O) groups excluding carboxylic acids is 1. The van der Waals surface area contributed by atoms with Crippen molar-refractivity contribution in [2.24, 2.45) is 4.99 Å². The molecule has 3 N–H and O–H groups in total. The maximum atomic E-state index is 12.5. The Labute approximate surface area is 174 Å². The van der Waals surface area contributed by atoms with E-state index in [2.05, 4.69) is 25.7 Å². The number of hydrogen-bond acceptors (Lipinski definition) is 4. The van der Waals surface area contributed by atoms with Gasteiger partial charge in [-0.1, -0.05) is 24.3 Å². The van der Waals surface area contributed by atoms with Gasteiger partial charge in [0, 0.05) is 30.8 Å². The summed E-state index contributed by atoms with van der Waals surface area (Å²) in [6.45, 7) is 0.596. The third kappa shape index (κ3) is 7.57. The molecule has 0 unspecified atom stereocenters. The second-order valence-electron chi connectivity index (χ2n) is 6.10. The second kappa shape index (κ2) is 12.3. The third-order valence-corrected chi connectivity index (χ3v) is 3.98. The summed E-state index contributed by atoms with van der Waals surface area (Å²) in [5.74, 6) is 0.992. The highest BCUT2D eigenvalue weighted by Gasteiger charge is 2.09. The molecule has 0 aromatic heterocycles. The van der Waals surface area contributed by atoms with Crippen LogP contribution in [-0.4, -0.2) is 45.2 Å². The predicted octanol–water partition coefficient (Wildman–Crippen LogP) is 2.78. The third-order valence-electron chi connectivity index (χ3n) is 3.98. The first kappa shape index (κ1) is 22.9. The minimum atomic E-state index is -2.89. The number of rotatable bonds is 10. The van der Waals surface area contributed by atoms with Gasteiger partial charge in [-0.2, -0.15) is 8.78 Å². The summed E-state index contributed by atoms with van der Waals surface area (Å²) in [6.07, 6.45) is 0. The highest BCUT2D eigenvalue weighted by atomic mass is 19.3. The molecule has 162 valence electrons. The summed E-state index contributed by atoms with van der Waals surface area (Å²) < 4.78 is 34.7. The first-order valence-corrected chi connectivity index (χ1v) is 9.50. The van der Waals surface area contributed by atoms with Gasteiger partial charge in [0.2, 0.25) is 0 Å². The number of amides is 1. The van der Waals surface area contributed by atoms with Gasteiger partial charge in [0.25, 0.3) is 5.91 Å². The van der Waals surface area contributed by atoms with Gasteiger partial charge in [-0.3, -0.25) is 4.79 Å². The average molecular weight is 420 g/mol. The molecule has 0 heterocycles. The lowest BCUT2D eigenvalue weighted by atomic mass is 10.2. The number of halogens is 2. The number of aliphatic imine (C=N–C) groups is 1. The molecule has 0 atom stereocenters. The quantitative estimate of drug-likeness (QED) is 0.313. The molecule has 2 aromatic rings. The van der Waals surface area contributed by atoms with Gasteiger partial charge < -0.3 is 25.4 Å². The SMILES string of the molecule is CCNC(=NCc1ccccc1OC(F)F)NCCNC(=O)c1cccc(OC)c1. The molecular weight excluding hydrogens is 394 g/mol. The van der Waals surface area contributed by atoms with Crippen LogP contribution in [0.25, 0.3) is 0 Å². The van der Waals surface area contributed by atoms with E-state index in [0.29, 0.717) is 42.5 Å². The highest BCUT2D eigenvalue weighted by Crippen LogP contribution is 2.20. The van der Waals surface area contributed by atoms with Crippen LogP contribution in [0.4, 0.5) is 8.78 Å². The summed E-state index contributed by atoms with van der Waals surface area (Å²) in [5.41, 5.74) is 1.05. The van der Waals surface area contributed by atoms with E-state index in [-0.39, 0.29) is 18.2 Å². The van der Waals surface area contributed by atoms with Gasteiger partial charge in [-0.15, -0.1) is 0 Å². The molecular formula is C21H26F2N4O3. The molecule has 0 fully saturated rings. The van der Waals surface area contributed by atoms with Crippen LogP contribution in [0.15, 0.2) is 53.5 Å². The van der Waals surface area contributed by atoms with Crippen molar-refractivity contribution in [3.05, 3.63) is 59.7 Å². The zero-order valence-corrected chi connectivity index (χ0v) is 17.0. The van der Waals surface area contributed by atoms with Crippen molar-refractivity contribution in [3.63, 3.8) is 0 Å². The minimum Gasteiger partial charge on any atom is -0.497 e. The van der Waals surface area contributed by atoms with Crippen molar-refractivity contribution in [1.29, 1.82) is 0 Å². The van der Waals surface area contributed by atoms with E-state index in [0.717, 1.165) is 0 Å². The van der Waals surface area contributed by atoms with Gasteiger partial charge in [0.1, 0.15) is 11.5 Å². The fraction of sp³-hybridized carbons (Fsp3) is 0.333. The molecule has 0 saturated carbocycles. The number of benzene rings is 2. The summed E-state index contributed by atoms with van der Waals surface area (Å²) in [7, 11) is 1.54. The Bertz CT molecular complexity index is 847. The predicted molar refractivity (Wildman–Crippen MR) is 111 cm³/mol. The van der Waals surface area contributed by atoms with Crippen molar-refractivity contribution < 1.29 is 23.0 Å². The van der Waals surface area contributed by atoms with Crippen LogP contribution in [0.2, 0.25) is 0 Å². The molecule has 0 bridgehead atoms. The Kier molecular flexibility index (Phi) is 9.36. The van der Waals surface area contributed by atoms with Crippen LogP contribution in [-0.2, 0) is 6.54 Å². The van der Waals surface area contributed by atoms with Crippen LogP contribution in [0.1, 0.15) is 22.8 Å². The number of nitrogens with one attached hydrogen (secondary N) is 3. The van der Waals surface area contributed by atoms with Crippen LogP contribution >= 0.6 is 0 Å². The smallest absolute Gasteiger partial charge is 0.387 e. The van der Waals surface area contributed by atoms with Gasteiger partial charge >= 0.3 is 6.61 Å². The fourth-order valence-electron chi connectivity index (χ4n) is 2.57. The topological polar surface area (TPSA) is 84.0 Å². The number of hydrogen-bond donors (Lipinski definition) is 3. The van der Waals surface area contributed by atoms with E-state index in [1.54, 1.807) is 49.6 Å². The van der Waals surface area contributed by atoms with Gasteiger partial charge in [-0.05, 0) is 31.2 Å². The molecule has 7 nitrogen and oxygen atoms in total. The number of guanidine groups is 1. The molecule has 0 spiro atoms. The lowest BCUT2D eigenvalue weighted by molar-refractivity contribution is -0.0504. The van der Waals surface area contributed by atoms with E-state index in [9.17, 15) is 13.6 Å². The van der Waals surface area contributed by atoms with Crippen LogP contribution in [0.3, 0.4) is 0 Å². The number of carbonyl (C=O) groups is 1. The lowest BCUT2D eigenvalue weighted by Gasteiger charge is -2.13. The fourth-order valence-corrected chi connectivity index (χ4v) is 2.57. The summed E-state index contributed by atoms with van der Waals surface area (Å²) in [4.78, 5) is 16.6. The lowest BCUT2D eigenvalue weighted by Crippen LogP contribution is -2.41. The molecule has 0 aliphatic rings. The van der Waals surface area contributed by atoms with E-state index in [1.807, 2.05) is 6.92 Å². The van der Waals surface area contributed by atoms with E-state index in [1.165, 1.54) is 6.07 Å². The standard InChI is InChI=1S/C21H26F2N4O3/c1-3-24-21(27-14-16-7-4-5-10-18(16)30-20(22)23)26-12-11-25-19(28)15-8-6-9-17(13-15)29-2/h4-10,13,20H,3,11-12,14H2,1-2H3,(H,25,28)(H2,24,26,27). The Morgan fingerprint density at radius 2 is 1.83 bits per heavy atom. The number of alkyl halides is 2. The molecule has 2 aromatic carbocycles. The normalized spacial score (nSPS) is 11.2. The number of ether oxygens (including phenoxy) is 2. The van der Waals surface area contributed by atoms with Crippen molar-refractivity contribution in [2.75, 3.05) is 26.7 Å². The molecule has 2 rings (SSSR count). The van der Waals surface area contributed by atoms with Gasteiger partial charge in [-0.25, -0.2) is 4.99 Å². The van der Waals surface area contributed by atoms with Crippen molar-refractivity contribution >= 4 is 11.9 Å². The molecule has 9 heteroatoms. The molecule has 30 heavy (non-hydrogen) atoms. The Morgan fingerprint density at radius 3 is 2.57 bits per heavy atom. The van der Waals surface area contributed by atoms with Crippen molar-refractivity contribution in [2.45, 2.75) is 20.1 Å². The van der Waals surface area contributed by atoms with E-state index in [4.69, 9.17) is 4.74 Å². The zero-order chi connectivity index (χ0) is 21.8. The summed E-state index contributed by atoms with van der Waals surface area (Å²) >= 11 is 0. The summed E-state index contributed by atoms with van der Waals surface area (Å²) in [5, 5.41) is 8.97. The van der Waals surface area contributed by atoms with E-state index >= 15 is 0 Å². The van der Waals surface area contributed by atoms with Crippen molar-refractivity contribution in [1.82, 2.24) is 16.0 Å². The van der Waals surface area contributed by atoms with Crippen LogP contribution < -0.4 is 25.4 Å². The first-order chi connectivity index (χ1) is 14.5. The van der Waals surface area contributed by atoms with Crippen LogP contribution in [0.5, 0.6) is 11.5 Å². The zero-order valence-electron chi connectivity index (χ0n) is 17.0. The number of nitrogens with zero attached hydrogens (tertiary/aromatic N) is 1. The maximum Gasteiger partial charge on any atom is 0.387 e. The molecule has 0 aliphatic heterocycles. The largest absolute Gasteiger partial charge is 0.497 e. The Balaban J connectivity index is 1.87. The Hall–Kier alpha value is -3.36. The molecule has 0 saturated heterocycles. The van der Waals surface area contributed by atoms with Gasteiger partial charge in [0.05, 0.1) is 13.7 Å². The number of para-hydroxylation sites is 1. The minimum absolute atomic E-state index is 0.0950. The van der Waals surface area contributed by atoms with E-state index < -0.39 is 6.61 Å². The van der Waals surface area contributed by atoms with Gasteiger partial charge in [0.15, 0.2) is 5.96 Å². The second-order valence-corrected chi connectivity index (χ2v) is 6.10. The number of methoxy groups -OCH3 is 1. The Morgan fingerprint density at radius 1 is 1.07 bits per heavy atom. The summed E-state index contributed by atoms with van der Waals surface area (Å²) in [6, 6.07) is 13.4.